The Balaban J connectivity index is 1.81. The lowest BCUT2D eigenvalue weighted by Crippen LogP contribution is -2.57. The Morgan fingerprint density at radius 2 is 1.78 bits per heavy atom. The molecule has 36 heavy (non-hydrogen) atoms. The van der Waals surface area contributed by atoms with E-state index in [0.29, 0.717) is 20.4 Å². The fourth-order valence-electron chi connectivity index (χ4n) is 4.15. The number of anilines is 2. The quantitative estimate of drug-likeness (QED) is 0.559. The smallest absolute Gasteiger partial charge is 0.412 e. The average Bonchev–Trinajstić information content (AvgIpc) is 2.75. The molecule has 1 N–H and O–H groups in total. The Labute approximate surface area is 205 Å². The van der Waals surface area contributed by atoms with Gasteiger partial charge >= 0.3 is 12.3 Å². The summed E-state index contributed by atoms with van der Waals surface area (Å²) in [5.74, 6) is -0.558. The van der Waals surface area contributed by atoms with E-state index >= 15 is 0 Å². The fraction of sp³-hybridized carbons (Fsp3) is 0.435. The van der Waals surface area contributed by atoms with Crippen molar-refractivity contribution in [3.63, 3.8) is 0 Å². The maximum atomic E-state index is 13.7. The largest absolute Gasteiger partial charge is 0.485 e. The van der Waals surface area contributed by atoms with Gasteiger partial charge in [0.1, 0.15) is 23.2 Å². The number of ether oxygens (including phenoxy) is 1. The summed E-state index contributed by atoms with van der Waals surface area (Å²) in [5, 5.41) is 9.66. The zero-order valence-electron chi connectivity index (χ0n) is 19.5. The number of hydrogen-bond donors (Lipinski definition) is 1. The van der Waals surface area contributed by atoms with Gasteiger partial charge in [0, 0.05) is 6.54 Å². The predicted octanol–water partition coefficient (Wildman–Crippen LogP) is 4.31. The Morgan fingerprint density at radius 1 is 1.14 bits per heavy atom. The van der Waals surface area contributed by atoms with Crippen LogP contribution in [0.5, 0.6) is 5.75 Å². The summed E-state index contributed by atoms with van der Waals surface area (Å²) >= 11 is 0. The lowest BCUT2D eigenvalue weighted by atomic mass is 10.0. The van der Waals surface area contributed by atoms with E-state index in [0.717, 1.165) is 60.2 Å². The zero-order chi connectivity index (χ0) is 26.5. The van der Waals surface area contributed by atoms with Crippen LogP contribution < -0.4 is 13.9 Å². The standard InChI is InChI=1S/C23H25F4N3O5S/c1-22(2,23(25,26)27)30(21(31)32)16-6-9-20-19(12-16)29(14-17(35-20)13-28-10-3-11-28)36(33,34)18-7-4-15(24)5-8-18/h4-9,12,17H,3,10-11,13-14H2,1-2H3,(H,31,32)/t17-/m0/s1. The Hall–Kier alpha value is -3.06. The van der Waals surface area contributed by atoms with E-state index in [2.05, 4.69) is 4.90 Å². The molecule has 1 fully saturated rings. The second-order valence-electron chi connectivity index (χ2n) is 9.21. The van der Waals surface area contributed by atoms with E-state index in [1.165, 1.54) is 6.07 Å². The first-order valence-corrected chi connectivity index (χ1v) is 12.6. The molecule has 4 rings (SSSR count). The zero-order valence-corrected chi connectivity index (χ0v) is 20.3. The molecule has 0 saturated carbocycles. The van der Waals surface area contributed by atoms with Gasteiger partial charge in [-0.25, -0.2) is 17.6 Å². The number of benzene rings is 2. The minimum absolute atomic E-state index is 0.0800. The van der Waals surface area contributed by atoms with Gasteiger partial charge in [-0.3, -0.25) is 14.1 Å². The maximum absolute atomic E-state index is 13.7. The van der Waals surface area contributed by atoms with E-state index in [1.54, 1.807) is 0 Å². The first-order chi connectivity index (χ1) is 16.7. The van der Waals surface area contributed by atoms with E-state index in [1.807, 2.05) is 0 Å². The van der Waals surface area contributed by atoms with Crippen LogP contribution in [0.2, 0.25) is 0 Å². The summed E-state index contributed by atoms with van der Waals surface area (Å²) in [6.07, 6.45) is -6.36. The summed E-state index contributed by atoms with van der Waals surface area (Å²) in [4.78, 5) is 13.9. The SMILES string of the molecule is CC(C)(N(C(=O)O)c1ccc2c(c1)N(S(=O)(=O)c1ccc(F)cc1)C[C@H](CN1CCC1)O2)C(F)(F)F. The third kappa shape index (κ3) is 4.69. The number of rotatable bonds is 6. The van der Waals surface area contributed by atoms with Gasteiger partial charge in [0.05, 0.1) is 22.8 Å². The number of amides is 1. The second-order valence-corrected chi connectivity index (χ2v) is 11.1. The topological polar surface area (TPSA) is 90.4 Å². The van der Waals surface area contributed by atoms with Gasteiger partial charge in [0.25, 0.3) is 10.0 Å². The molecular weight excluding hydrogens is 506 g/mol. The van der Waals surface area contributed by atoms with Crippen molar-refractivity contribution in [3.8, 4) is 5.75 Å². The molecule has 0 aliphatic carbocycles. The Morgan fingerprint density at radius 3 is 2.31 bits per heavy atom. The lowest BCUT2D eigenvalue weighted by molar-refractivity contribution is -0.175. The molecular formula is C23H25F4N3O5S. The van der Waals surface area contributed by atoms with Gasteiger partial charge in [-0.15, -0.1) is 0 Å². The van der Waals surface area contributed by atoms with E-state index in [4.69, 9.17) is 4.74 Å². The van der Waals surface area contributed by atoms with E-state index in [-0.39, 0.29) is 33.5 Å². The van der Waals surface area contributed by atoms with Crippen LogP contribution in [0.4, 0.5) is 33.7 Å². The number of hydrogen-bond acceptors (Lipinski definition) is 5. The summed E-state index contributed by atoms with van der Waals surface area (Å²) in [7, 11) is -4.30. The molecule has 8 nitrogen and oxygen atoms in total. The monoisotopic (exact) mass is 531 g/mol. The first kappa shape index (κ1) is 26.0. The molecule has 0 spiro atoms. The van der Waals surface area contributed by atoms with Gasteiger partial charge in [-0.05, 0) is 75.8 Å². The van der Waals surface area contributed by atoms with E-state index in [9.17, 15) is 35.9 Å². The van der Waals surface area contributed by atoms with Gasteiger partial charge < -0.3 is 9.84 Å². The van der Waals surface area contributed by atoms with Crippen LogP contribution in [0.25, 0.3) is 0 Å². The summed E-state index contributed by atoms with van der Waals surface area (Å²) in [6.45, 7) is 3.36. The molecule has 1 amide bonds. The van der Waals surface area contributed by atoms with Gasteiger partial charge in [-0.2, -0.15) is 13.2 Å². The summed E-state index contributed by atoms with van der Waals surface area (Å²) in [5.41, 5.74) is -3.31. The predicted molar refractivity (Wildman–Crippen MR) is 123 cm³/mol. The van der Waals surface area contributed by atoms with Gasteiger partial charge in [0.2, 0.25) is 0 Å². The minimum Gasteiger partial charge on any atom is -0.485 e. The van der Waals surface area contributed by atoms with Crippen LogP contribution >= 0.6 is 0 Å². The number of likely N-dealkylation sites (tertiary alicyclic amines) is 1. The number of sulfonamides is 1. The van der Waals surface area contributed by atoms with Gasteiger partial charge in [-0.1, -0.05) is 0 Å². The van der Waals surface area contributed by atoms with Crippen molar-refractivity contribution in [2.75, 3.05) is 35.4 Å². The highest BCUT2D eigenvalue weighted by Crippen LogP contribution is 2.43. The van der Waals surface area contributed by atoms with Crippen molar-refractivity contribution < 1.29 is 40.6 Å². The molecule has 2 aromatic carbocycles. The highest BCUT2D eigenvalue weighted by molar-refractivity contribution is 7.92. The van der Waals surface area contributed by atoms with E-state index < -0.39 is 39.8 Å². The summed E-state index contributed by atoms with van der Waals surface area (Å²) in [6, 6.07) is 7.62. The van der Waals surface area contributed by atoms with Crippen LogP contribution in [0, 0.1) is 5.82 Å². The number of alkyl halides is 3. The molecule has 196 valence electrons. The van der Waals surface area contributed by atoms with Crippen molar-refractivity contribution in [1.29, 1.82) is 0 Å². The molecule has 0 aromatic heterocycles. The molecule has 1 atom stereocenters. The summed E-state index contributed by atoms with van der Waals surface area (Å²) < 4.78 is 88.7. The Bertz CT molecular complexity index is 1250. The number of carbonyl (C=O) groups is 1. The normalized spacial score (nSPS) is 18.7. The molecule has 1 saturated heterocycles. The highest BCUT2D eigenvalue weighted by Gasteiger charge is 2.54. The lowest BCUT2D eigenvalue weighted by Gasteiger charge is -2.41. The fourth-order valence-corrected chi connectivity index (χ4v) is 5.65. The minimum atomic E-state index is -4.92. The molecule has 2 heterocycles. The second kappa shape index (κ2) is 9.11. The molecule has 2 aromatic rings. The average molecular weight is 532 g/mol. The van der Waals surface area contributed by atoms with Crippen LogP contribution in [0.15, 0.2) is 47.4 Å². The third-order valence-electron chi connectivity index (χ3n) is 6.39. The van der Waals surface area contributed by atoms with Crippen molar-refractivity contribution in [3.05, 3.63) is 48.3 Å². The first-order valence-electron chi connectivity index (χ1n) is 11.1. The Kier molecular flexibility index (Phi) is 6.58. The van der Waals surface area contributed by atoms with Crippen molar-refractivity contribution in [2.45, 2.75) is 43.0 Å². The van der Waals surface area contributed by atoms with Crippen LogP contribution in [-0.2, 0) is 10.0 Å². The molecule has 0 bridgehead atoms. The van der Waals surface area contributed by atoms with Crippen molar-refractivity contribution >= 4 is 27.5 Å². The maximum Gasteiger partial charge on any atom is 0.412 e. The third-order valence-corrected chi connectivity index (χ3v) is 8.18. The molecule has 0 radical (unpaired) electrons. The van der Waals surface area contributed by atoms with Crippen LogP contribution in [-0.4, -0.2) is 68.5 Å². The van der Waals surface area contributed by atoms with Gasteiger partial charge in [0.15, 0.2) is 0 Å². The highest BCUT2D eigenvalue weighted by atomic mass is 32.2. The number of halogens is 4. The number of nitrogens with zero attached hydrogens (tertiary/aromatic N) is 3. The van der Waals surface area contributed by atoms with Crippen molar-refractivity contribution in [1.82, 2.24) is 4.90 Å². The number of fused-ring (bicyclic) bond motifs is 1. The van der Waals surface area contributed by atoms with Crippen LogP contribution in [0.1, 0.15) is 20.3 Å². The molecule has 0 unspecified atom stereocenters. The number of carboxylic acid groups (broad SMARTS) is 1. The molecule has 2 aliphatic rings. The van der Waals surface area contributed by atoms with Crippen LogP contribution in [0.3, 0.4) is 0 Å². The molecule has 13 heteroatoms. The van der Waals surface area contributed by atoms with Crippen molar-refractivity contribution in [2.24, 2.45) is 0 Å². The molecule has 2 aliphatic heterocycles.